The molecule has 0 amide bonds. The summed E-state index contributed by atoms with van der Waals surface area (Å²) in [6.07, 6.45) is 0.972. The number of hydrogen-bond donors (Lipinski definition) is 1. The first-order chi connectivity index (χ1) is 8.10. The lowest BCUT2D eigenvalue weighted by atomic mass is 10.0. The zero-order valence-electron chi connectivity index (χ0n) is 11.0. The number of carbonyl (C=O) groups excluding carboxylic acids is 1. The van der Waals surface area contributed by atoms with Crippen molar-refractivity contribution in [3.63, 3.8) is 0 Å². The summed E-state index contributed by atoms with van der Waals surface area (Å²) in [5, 5.41) is 3.30. The molecular weight excluding hydrogens is 214 g/mol. The molecule has 0 radical (unpaired) electrons. The lowest BCUT2D eigenvalue weighted by molar-refractivity contribution is -0.143. The van der Waals surface area contributed by atoms with Crippen molar-refractivity contribution in [1.29, 1.82) is 0 Å². The van der Waals surface area contributed by atoms with Crippen molar-refractivity contribution in [3.05, 3.63) is 35.4 Å². The molecule has 0 bridgehead atoms. The van der Waals surface area contributed by atoms with Gasteiger partial charge in [-0.15, -0.1) is 0 Å². The predicted molar refractivity (Wildman–Crippen MR) is 68.8 cm³/mol. The van der Waals surface area contributed by atoms with E-state index in [1.165, 1.54) is 7.11 Å². The molecule has 0 heterocycles. The number of benzene rings is 1. The normalized spacial score (nSPS) is 14.1. The van der Waals surface area contributed by atoms with Crippen LogP contribution in [0.15, 0.2) is 24.3 Å². The van der Waals surface area contributed by atoms with E-state index < -0.39 is 0 Å². The molecular formula is C14H21NO2. The Bertz CT molecular complexity index is 376. The highest BCUT2D eigenvalue weighted by Crippen LogP contribution is 2.19. The van der Waals surface area contributed by atoms with Crippen molar-refractivity contribution < 1.29 is 9.53 Å². The molecule has 2 atom stereocenters. The van der Waals surface area contributed by atoms with Gasteiger partial charge in [0.05, 0.1) is 7.11 Å². The molecule has 3 nitrogen and oxygen atoms in total. The molecule has 0 aliphatic rings. The van der Waals surface area contributed by atoms with Crippen LogP contribution in [0.25, 0.3) is 0 Å². The monoisotopic (exact) mass is 235 g/mol. The Morgan fingerprint density at radius 3 is 2.59 bits per heavy atom. The summed E-state index contributed by atoms with van der Waals surface area (Å²) in [6, 6.07) is 7.78. The van der Waals surface area contributed by atoms with Crippen molar-refractivity contribution in [2.75, 3.05) is 7.11 Å². The van der Waals surface area contributed by atoms with E-state index in [-0.39, 0.29) is 18.1 Å². The van der Waals surface area contributed by atoms with Crippen LogP contribution < -0.4 is 5.32 Å². The zero-order chi connectivity index (χ0) is 12.8. The van der Waals surface area contributed by atoms with E-state index in [4.69, 9.17) is 4.74 Å². The number of methoxy groups -OCH3 is 1. The molecule has 0 aliphatic heterocycles. The third-order valence-electron chi connectivity index (χ3n) is 3.00. The molecule has 2 unspecified atom stereocenters. The molecule has 0 saturated heterocycles. The van der Waals surface area contributed by atoms with Crippen LogP contribution >= 0.6 is 0 Å². The molecule has 17 heavy (non-hydrogen) atoms. The zero-order valence-corrected chi connectivity index (χ0v) is 11.0. The van der Waals surface area contributed by atoms with Crippen LogP contribution in [-0.4, -0.2) is 19.1 Å². The highest BCUT2D eigenvalue weighted by Gasteiger charge is 2.23. The summed E-state index contributed by atoms with van der Waals surface area (Å²) in [5.41, 5.74) is 2.08. The summed E-state index contributed by atoms with van der Waals surface area (Å²) in [7, 11) is 1.42. The Balaban J connectivity index is 2.98. The average molecular weight is 235 g/mol. The molecule has 0 saturated carbocycles. The van der Waals surface area contributed by atoms with Gasteiger partial charge in [0, 0.05) is 6.04 Å². The van der Waals surface area contributed by atoms with E-state index in [1.807, 2.05) is 31.2 Å². The SMILES string of the molecule is CCC(C)NC(C(=O)OC)c1ccccc1C. The quantitative estimate of drug-likeness (QED) is 0.797. The number of hydrogen-bond acceptors (Lipinski definition) is 3. The van der Waals surface area contributed by atoms with E-state index in [0.717, 1.165) is 17.5 Å². The minimum atomic E-state index is -0.379. The number of carbonyl (C=O) groups is 1. The highest BCUT2D eigenvalue weighted by molar-refractivity contribution is 5.78. The molecule has 0 spiro atoms. The van der Waals surface area contributed by atoms with Gasteiger partial charge in [-0.1, -0.05) is 31.2 Å². The molecule has 1 N–H and O–H groups in total. The summed E-state index contributed by atoms with van der Waals surface area (Å²) in [6.45, 7) is 6.15. The molecule has 0 fully saturated rings. The lowest BCUT2D eigenvalue weighted by Crippen LogP contribution is -2.36. The Morgan fingerprint density at radius 2 is 2.06 bits per heavy atom. The van der Waals surface area contributed by atoms with Crippen LogP contribution in [0.4, 0.5) is 0 Å². The van der Waals surface area contributed by atoms with E-state index in [0.29, 0.717) is 0 Å². The molecule has 94 valence electrons. The average Bonchev–Trinajstić information content (AvgIpc) is 2.35. The smallest absolute Gasteiger partial charge is 0.327 e. The van der Waals surface area contributed by atoms with Crippen LogP contribution in [0, 0.1) is 6.92 Å². The second-order valence-electron chi connectivity index (χ2n) is 4.29. The van der Waals surface area contributed by atoms with Gasteiger partial charge in [0.2, 0.25) is 0 Å². The Morgan fingerprint density at radius 1 is 1.41 bits per heavy atom. The standard InChI is InChI=1S/C14H21NO2/c1-5-11(3)15-13(14(16)17-4)12-9-7-6-8-10(12)2/h6-9,11,13,15H,5H2,1-4H3. The largest absolute Gasteiger partial charge is 0.468 e. The second kappa shape index (κ2) is 6.40. The van der Waals surface area contributed by atoms with Crippen LogP contribution in [0.3, 0.4) is 0 Å². The van der Waals surface area contributed by atoms with E-state index >= 15 is 0 Å². The number of rotatable bonds is 5. The first-order valence-electron chi connectivity index (χ1n) is 5.99. The van der Waals surface area contributed by atoms with Crippen molar-refractivity contribution in [1.82, 2.24) is 5.32 Å². The summed E-state index contributed by atoms with van der Waals surface area (Å²) >= 11 is 0. The lowest BCUT2D eigenvalue weighted by Gasteiger charge is -2.22. The fraction of sp³-hybridized carbons (Fsp3) is 0.500. The van der Waals surface area contributed by atoms with Gasteiger partial charge in [0.1, 0.15) is 6.04 Å². The third kappa shape index (κ3) is 3.56. The Labute approximate surface area is 103 Å². The van der Waals surface area contributed by atoms with Crippen LogP contribution in [-0.2, 0) is 9.53 Å². The number of nitrogens with one attached hydrogen (secondary N) is 1. The fourth-order valence-electron chi connectivity index (χ4n) is 1.72. The van der Waals surface area contributed by atoms with Gasteiger partial charge in [-0.05, 0) is 31.4 Å². The summed E-state index contributed by atoms with van der Waals surface area (Å²) < 4.78 is 4.87. The van der Waals surface area contributed by atoms with Crippen molar-refractivity contribution in [2.24, 2.45) is 0 Å². The predicted octanol–water partition coefficient (Wildman–Crippen LogP) is 2.60. The van der Waals surface area contributed by atoms with Gasteiger partial charge in [-0.3, -0.25) is 5.32 Å². The van der Waals surface area contributed by atoms with E-state index in [9.17, 15) is 4.79 Å². The van der Waals surface area contributed by atoms with Gasteiger partial charge in [-0.2, -0.15) is 0 Å². The molecule has 1 rings (SSSR count). The van der Waals surface area contributed by atoms with Crippen LogP contribution in [0.5, 0.6) is 0 Å². The summed E-state index contributed by atoms with van der Waals surface area (Å²) in [4.78, 5) is 11.8. The van der Waals surface area contributed by atoms with Crippen molar-refractivity contribution in [3.8, 4) is 0 Å². The molecule has 1 aromatic rings. The van der Waals surface area contributed by atoms with Gasteiger partial charge >= 0.3 is 5.97 Å². The van der Waals surface area contributed by atoms with Crippen LogP contribution in [0.1, 0.15) is 37.4 Å². The first-order valence-corrected chi connectivity index (χ1v) is 5.99. The third-order valence-corrected chi connectivity index (χ3v) is 3.00. The van der Waals surface area contributed by atoms with Crippen LogP contribution in [0.2, 0.25) is 0 Å². The van der Waals surface area contributed by atoms with Gasteiger partial charge in [-0.25, -0.2) is 4.79 Å². The molecule has 0 aromatic heterocycles. The minimum Gasteiger partial charge on any atom is -0.468 e. The van der Waals surface area contributed by atoms with Crippen molar-refractivity contribution >= 4 is 5.97 Å². The van der Waals surface area contributed by atoms with E-state index in [1.54, 1.807) is 0 Å². The van der Waals surface area contributed by atoms with Gasteiger partial charge < -0.3 is 4.74 Å². The van der Waals surface area contributed by atoms with Gasteiger partial charge in [0.25, 0.3) is 0 Å². The van der Waals surface area contributed by atoms with Crippen molar-refractivity contribution in [2.45, 2.75) is 39.3 Å². The number of esters is 1. The van der Waals surface area contributed by atoms with E-state index in [2.05, 4.69) is 19.2 Å². The topological polar surface area (TPSA) is 38.3 Å². The number of aryl methyl sites for hydroxylation is 1. The maximum atomic E-state index is 11.8. The second-order valence-corrected chi connectivity index (χ2v) is 4.29. The maximum Gasteiger partial charge on any atom is 0.327 e. The highest BCUT2D eigenvalue weighted by atomic mass is 16.5. The number of ether oxygens (including phenoxy) is 1. The fourth-order valence-corrected chi connectivity index (χ4v) is 1.72. The van der Waals surface area contributed by atoms with Gasteiger partial charge in [0.15, 0.2) is 0 Å². The molecule has 1 aromatic carbocycles. The minimum absolute atomic E-state index is 0.236. The Kier molecular flexibility index (Phi) is 5.16. The summed E-state index contributed by atoms with van der Waals surface area (Å²) in [5.74, 6) is -0.236. The Hall–Kier alpha value is -1.35. The molecule has 0 aliphatic carbocycles. The maximum absolute atomic E-state index is 11.8. The first kappa shape index (κ1) is 13.7. The molecule has 3 heteroatoms.